The zero-order valence-corrected chi connectivity index (χ0v) is 11.1. The monoisotopic (exact) mass is 273 g/mol. The van der Waals surface area contributed by atoms with Crippen molar-refractivity contribution in [1.29, 1.82) is 0 Å². The van der Waals surface area contributed by atoms with E-state index in [0.29, 0.717) is 5.88 Å². The minimum Gasteiger partial charge on any atom is -0.473 e. The molecule has 20 heavy (non-hydrogen) atoms. The van der Waals surface area contributed by atoms with Gasteiger partial charge in [0.2, 0.25) is 11.8 Å². The molecule has 1 unspecified atom stereocenters. The van der Waals surface area contributed by atoms with Gasteiger partial charge in [-0.3, -0.25) is 9.88 Å². The topological polar surface area (TPSA) is 38.2 Å². The summed E-state index contributed by atoms with van der Waals surface area (Å²) in [7, 11) is 0. The van der Waals surface area contributed by atoms with Crippen molar-refractivity contribution >= 4 is 0 Å². The molecule has 5 heteroatoms. The molecule has 0 N–H and O–H groups in total. The van der Waals surface area contributed by atoms with Gasteiger partial charge in [-0.15, -0.1) is 0 Å². The lowest BCUT2D eigenvalue weighted by atomic mass is 10.3. The van der Waals surface area contributed by atoms with E-state index in [1.165, 1.54) is 6.07 Å². The number of rotatable bonds is 4. The number of halogens is 1. The number of pyridine rings is 2. The van der Waals surface area contributed by atoms with E-state index in [9.17, 15) is 4.39 Å². The van der Waals surface area contributed by atoms with Crippen molar-refractivity contribution in [3.63, 3.8) is 0 Å². The molecule has 1 aliphatic heterocycles. The van der Waals surface area contributed by atoms with E-state index in [0.717, 1.165) is 31.7 Å². The van der Waals surface area contributed by atoms with E-state index in [2.05, 4.69) is 14.9 Å². The summed E-state index contributed by atoms with van der Waals surface area (Å²) < 4.78 is 18.7. The molecule has 104 valence electrons. The molecule has 1 aliphatic rings. The van der Waals surface area contributed by atoms with Gasteiger partial charge in [0.25, 0.3) is 0 Å². The maximum absolute atomic E-state index is 13.0. The fourth-order valence-corrected chi connectivity index (χ4v) is 2.38. The van der Waals surface area contributed by atoms with E-state index in [1.54, 1.807) is 18.3 Å². The van der Waals surface area contributed by atoms with Crippen LogP contribution in [0.4, 0.5) is 4.39 Å². The first-order valence-corrected chi connectivity index (χ1v) is 6.71. The molecule has 3 heterocycles. The maximum Gasteiger partial charge on any atom is 0.216 e. The highest BCUT2D eigenvalue weighted by molar-refractivity contribution is 5.11. The molecule has 2 aromatic rings. The zero-order valence-electron chi connectivity index (χ0n) is 11.1. The van der Waals surface area contributed by atoms with Gasteiger partial charge in [0, 0.05) is 31.9 Å². The standard InChI is InChI=1S/C15H16FN3O/c16-14-5-3-6-15(18-14)20-13-7-9-19(11-13)10-12-4-1-2-8-17-12/h1-6,8,13H,7,9-11H2. The summed E-state index contributed by atoms with van der Waals surface area (Å²) in [5.41, 5.74) is 1.05. The molecule has 0 amide bonds. The summed E-state index contributed by atoms with van der Waals surface area (Å²) in [5, 5.41) is 0. The van der Waals surface area contributed by atoms with Crippen molar-refractivity contribution in [2.45, 2.75) is 19.1 Å². The van der Waals surface area contributed by atoms with Gasteiger partial charge in [-0.2, -0.15) is 9.37 Å². The Hall–Kier alpha value is -2.01. The van der Waals surface area contributed by atoms with Gasteiger partial charge in [0.15, 0.2) is 0 Å². The number of ether oxygens (including phenoxy) is 1. The summed E-state index contributed by atoms with van der Waals surface area (Å²) in [6.45, 7) is 2.59. The van der Waals surface area contributed by atoms with Crippen LogP contribution in [-0.4, -0.2) is 34.1 Å². The van der Waals surface area contributed by atoms with Gasteiger partial charge in [-0.1, -0.05) is 12.1 Å². The Balaban J connectivity index is 1.54. The second-order valence-corrected chi connectivity index (χ2v) is 4.88. The third-order valence-corrected chi connectivity index (χ3v) is 3.32. The molecule has 0 radical (unpaired) electrons. The average molecular weight is 273 g/mol. The smallest absolute Gasteiger partial charge is 0.216 e. The molecule has 0 spiro atoms. The van der Waals surface area contributed by atoms with Crippen LogP contribution in [0.2, 0.25) is 0 Å². The van der Waals surface area contributed by atoms with Crippen LogP contribution >= 0.6 is 0 Å². The summed E-state index contributed by atoms with van der Waals surface area (Å²) in [6, 6.07) is 10.5. The van der Waals surface area contributed by atoms with Gasteiger partial charge in [0.1, 0.15) is 6.10 Å². The van der Waals surface area contributed by atoms with Crippen LogP contribution < -0.4 is 4.74 Å². The van der Waals surface area contributed by atoms with Crippen LogP contribution in [0.15, 0.2) is 42.6 Å². The van der Waals surface area contributed by atoms with Crippen LogP contribution in [0.5, 0.6) is 5.88 Å². The molecule has 0 saturated carbocycles. The molecule has 0 aliphatic carbocycles. The molecule has 2 aromatic heterocycles. The van der Waals surface area contributed by atoms with Crippen LogP contribution in [0.25, 0.3) is 0 Å². The molecular formula is C15H16FN3O. The fourth-order valence-electron chi connectivity index (χ4n) is 2.38. The highest BCUT2D eigenvalue weighted by atomic mass is 19.1. The summed E-state index contributed by atoms with van der Waals surface area (Å²) in [4.78, 5) is 10.3. The van der Waals surface area contributed by atoms with E-state index < -0.39 is 5.95 Å². The first-order chi connectivity index (χ1) is 9.79. The highest BCUT2D eigenvalue weighted by Crippen LogP contribution is 2.18. The molecule has 3 rings (SSSR count). The summed E-state index contributed by atoms with van der Waals surface area (Å²) >= 11 is 0. The number of hydrogen-bond donors (Lipinski definition) is 0. The highest BCUT2D eigenvalue weighted by Gasteiger charge is 2.24. The first kappa shape index (κ1) is 13.0. The minimum atomic E-state index is -0.508. The molecule has 0 aromatic carbocycles. The van der Waals surface area contributed by atoms with Gasteiger partial charge in [-0.25, -0.2) is 0 Å². The quantitative estimate of drug-likeness (QED) is 0.801. The largest absolute Gasteiger partial charge is 0.473 e. The van der Waals surface area contributed by atoms with Crippen molar-refractivity contribution < 1.29 is 9.13 Å². The Bertz CT molecular complexity index is 564. The van der Waals surface area contributed by atoms with E-state index in [1.807, 2.05) is 18.2 Å². The minimum absolute atomic E-state index is 0.0630. The second-order valence-electron chi connectivity index (χ2n) is 4.88. The van der Waals surface area contributed by atoms with Crippen LogP contribution in [0.3, 0.4) is 0 Å². The normalized spacial score (nSPS) is 19.1. The second kappa shape index (κ2) is 5.96. The lowest BCUT2D eigenvalue weighted by molar-refractivity contribution is 0.189. The first-order valence-electron chi connectivity index (χ1n) is 6.71. The molecule has 1 fully saturated rings. The van der Waals surface area contributed by atoms with Crippen molar-refractivity contribution in [3.05, 3.63) is 54.2 Å². The molecule has 0 bridgehead atoms. The van der Waals surface area contributed by atoms with E-state index >= 15 is 0 Å². The van der Waals surface area contributed by atoms with E-state index in [4.69, 9.17) is 4.74 Å². The van der Waals surface area contributed by atoms with Crippen LogP contribution in [0.1, 0.15) is 12.1 Å². The number of likely N-dealkylation sites (tertiary alicyclic amines) is 1. The van der Waals surface area contributed by atoms with Gasteiger partial charge < -0.3 is 4.74 Å². The summed E-state index contributed by atoms with van der Waals surface area (Å²) in [6.07, 6.45) is 2.79. The number of hydrogen-bond acceptors (Lipinski definition) is 4. The third-order valence-electron chi connectivity index (χ3n) is 3.32. The Morgan fingerprint density at radius 1 is 1.25 bits per heavy atom. The average Bonchev–Trinajstić information content (AvgIpc) is 2.87. The predicted molar refractivity (Wildman–Crippen MR) is 72.7 cm³/mol. The van der Waals surface area contributed by atoms with Gasteiger partial charge in [0.05, 0.1) is 5.69 Å². The molecule has 4 nitrogen and oxygen atoms in total. The van der Waals surface area contributed by atoms with Crippen LogP contribution in [-0.2, 0) is 6.54 Å². The van der Waals surface area contributed by atoms with Crippen molar-refractivity contribution in [2.24, 2.45) is 0 Å². The SMILES string of the molecule is Fc1cccc(OC2CCN(Cc3ccccn3)C2)n1. The molecular weight excluding hydrogens is 257 g/mol. The van der Waals surface area contributed by atoms with Gasteiger partial charge in [-0.05, 0) is 24.6 Å². The van der Waals surface area contributed by atoms with Crippen LogP contribution in [0, 0.1) is 5.95 Å². The van der Waals surface area contributed by atoms with Gasteiger partial charge >= 0.3 is 0 Å². The lowest BCUT2D eigenvalue weighted by Crippen LogP contribution is -2.25. The third kappa shape index (κ3) is 3.30. The Morgan fingerprint density at radius 3 is 3.00 bits per heavy atom. The van der Waals surface area contributed by atoms with Crippen molar-refractivity contribution in [1.82, 2.24) is 14.9 Å². The number of aromatic nitrogens is 2. The molecule has 1 atom stereocenters. The molecule has 1 saturated heterocycles. The summed E-state index contributed by atoms with van der Waals surface area (Å²) in [5.74, 6) is -0.152. The van der Waals surface area contributed by atoms with Crippen molar-refractivity contribution in [3.8, 4) is 5.88 Å². The zero-order chi connectivity index (χ0) is 13.8. The van der Waals surface area contributed by atoms with Crippen molar-refractivity contribution in [2.75, 3.05) is 13.1 Å². The Morgan fingerprint density at radius 2 is 2.20 bits per heavy atom. The predicted octanol–water partition coefficient (Wildman–Crippen LogP) is 2.27. The Labute approximate surface area is 117 Å². The lowest BCUT2D eigenvalue weighted by Gasteiger charge is -2.16. The maximum atomic E-state index is 13.0. The Kier molecular flexibility index (Phi) is 3.87. The number of nitrogens with zero attached hydrogens (tertiary/aromatic N) is 3. The van der Waals surface area contributed by atoms with E-state index in [-0.39, 0.29) is 6.10 Å². The fraction of sp³-hybridized carbons (Fsp3) is 0.333.